The molecule has 0 aliphatic carbocycles. The Morgan fingerprint density at radius 3 is 2.71 bits per heavy atom. The fraction of sp³-hybridized carbons (Fsp3) is 0.240. The number of nitrogens with one attached hydrogen (secondary N) is 1. The van der Waals surface area contributed by atoms with E-state index in [2.05, 4.69) is 81.6 Å². The first-order valence-electron chi connectivity index (χ1n) is 10.0. The van der Waals surface area contributed by atoms with Crippen molar-refractivity contribution in [2.24, 2.45) is 0 Å². The molecule has 1 N–H and O–H groups in total. The molecule has 1 aliphatic heterocycles. The number of likely N-dealkylation sites (tertiary alicyclic amines) is 1. The Kier molecular flexibility index (Phi) is 4.46. The van der Waals surface area contributed by atoms with Crippen LogP contribution < -0.4 is 0 Å². The van der Waals surface area contributed by atoms with E-state index in [9.17, 15) is 0 Å². The third-order valence-corrected chi connectivity index (χ3v) is 6.09. The Morgan fingerprint density at radius 2 is 1.86 bits per heavy atom. The highest BCUT2D eigenvalue weighted by Gasteiger charge is 2.40. The van der Waals surface area contributed by atoms with E-state index in [1.165, 1.54) is 27.7 Å². The van der Waals surface area contributed by atoms with E-state index in [1.54, 1.807) is 0 Å². The van der Waals surface area contributed by atoms with Crippen LogP contribution in [0.1, 0.15) is 23.2 Å². The van der Waals surface area contributed by atoms with Gasteiger partial charge in [0.15, 0.2) is 0 Å². The highest BCUT2D eigenvalue weighted by atomic mass is 15.2. The van der Waals surface area contributed by atoms with Crippen molar-refractivity contribution in [1.29, 1.82) is 0 Å². The molecule has 3 heterocycles. The molecule has 140 valence electrons. The maximum absolute atomic E-state index is 4.65. The molecule has 28 heavy (non-hydrogen) atoms. The largest absolute Gasteiger partial charge is 0.361 e. The lowest BCUT2D eigenvalue weighted by molar-refractivity contribution is 0.300. The number of hydrogen-bond acceptors (Lipinski definition) is 2. The van der Waals surface area contributed by atoms with Crippen LogP contribution in [0, 0.1) is 0 Å². The van der Waals surface area contributed by atoms with Gasteiger partial charge in [-0.3, -0.25) is 9.88 Å². The number of aromatic nitrogens is 2. The molecule has 1 fully saturated rings. The van der Waals surface area contributed by atoms with Crippen molar-refractivity contribution >= 4 is 10.9 Å². The van der Waals surface area contributed by atoms with Crippen LogP contribution in [-0.4, -0.2) is 28.0 Å². The third-order valence-electron chi connectivity index (χ3n) is 6.09. The van der Waals surface area contributed by atoms with Crippen molar-refractivity contribution in [2.45, 2.75) is 24.8 Å². The standard InChI is InChI=1S/C25H25N3/c1-2-6-20(7-3-1)18-28-15-12-25(19-28,17-23-8-4-5-13-26-23)22-9-10-24-21(16-22)11-14-27-24/h1-11,13-14,16,27H,12,15,17-19H2. The van der Waals surface area contributed by atoms with Gasteiger partial charge in [-0.25, -0.2) is 0 Å². The normalized spacial score (nSPS) is 20.0. The van der Waals surface area contributed by atoms with Gasteiger partial charge in [-0.1, -0.05) is 42.5 Å². The summed E-state index contributed by atoms with van der Waals surface area (Å²) in [6.07, 6.45) is 6.08. The van der Waals surface area contributed by atoms with Crippen molar-refractivity contribution in [1.82, 2.24) is 14.9 Å². The van der Waals surface area contributed by atoms with Gasteiger partial charge in [0.25, 0.3) is 0 Å². The molecule has 2 aromatic heterocycles. The van der Waals surface area contributed by atoms with Gasteiger partial charge in [0.2, 0.25) is 0 Å². The van der Waals surface area contributed by atoms with E-state index < -0.39 is 0 Å². The highest BCUT2D eigenvalue weighted by Crippen LogP contribution is 2.39. The Morgan fingerprint density at radius 1 is 0.964 bits per heavy atom. The van der Waals surface area contributed by atoms with E-state index in [-0.39, 0.29) is 5.41 Å². The molecule has 1 unspecified atom stereocenters. The van der Waals surface area contributed by atoms with Crippen molar-refractivity contribution in [3.63, 3.8) is 0 Å². The van der Waals surface area contributed by atoms with Crippen molar-refractivity contribution in [3.05, 3.63) is 102 Å². The van der Waals surface area contributed by atoms with Gasteiger partial charge in [-0.15, -0.1) is 0 Å². The summed E-state index contributed by atoms with van der Waals surface area (Å²) in [6.45, 7) is 3.19. The lowest BCUT2D eigenvalue weighted by atomic mass is 9.75. The Bertz CT molecular complexity index is 1050. The summed E-state index contributed by atoms with van der Waals surface area (Å²) in [4.78, 5) is 10.6. The minimum Gasteiger partial charge on any atom is -0.361 e. The molecular weight excluding hydrogens is 342 g/mol. The molecule has 1 atom stereocenters. The van der Waals surface area contributed by atoms with Crippen molar-refractivity contribution in [2.75, 3.05) is 13.1 Å². The van der Waals surface area contributed by atoms with Crippen LogP contribution in [0.5, 0.6) is 0 Å². The van der Waals surface area contributed by atoms with Crippen LogP contribution in [0.4, 0.5) is 0 Å². The Labute approximate surface area is 166 Å². The molecule has 0 saturated carbocycles. The number of fused-ring (bicyclic) bond motifs is 1. The van der Waals surface area contributed by atoms with E-state index >= 15 is 0 Å². The SMILES string of the molecule is c1ccc(CN2CCC(Cc3ccccn3)(c3ccc4[nH]ccc4c3)C2)cc1. The molecule has 3 nitrogen and oxygen atoms in total. The molecule has 0 radical (unpaired) electrons. The second-order valence-electron chi connectivity index (χ2n) is 8.00. The number of pyridine rings is 1. The minimum atomic E-state index is 0.106. The molecule has 4 aromatic rings. The second-order valence-corrected chi connectivity index (χ2v) is 8.00. The topological polar surface area (TPSA) is 31.9 Å². The lowest BCUT2D eigenvalue weighted by Crippen LogP contribution is -2.33. The van der Waals surface area contributed by atoms with Gasteiger partial charge in [0, 0.05) is 48.5 Å². The van der Waals surface area contributed by atoms with Gasteiger partial charge in [-0.05, 0) is 59.8 Å². The molecule has 5 rings (SSSR count). The average molecular weight is 367 g/mol. The van der Waals surface area contributed by atoms with E-state index in [1.807, 2.05) is 18.5 Å². The number of H-pyrrole nitrogens is 1. The van der Waals surface area contributed by atoms with Crippen LogP contribution in [0.25, 0.3) is 10.9 Å². The number of benzene rings is 2. The average Bonchev–Trinajstić information content (AvgIpc) is 3.37. The molecule has 2 aromatic carbocycles. The number of aromatic amines is 1. The zero-order valence-corrected chi connectivity index (χ0v) is 16.0. The highest BCUT2D eigenvalue weighted by molar-refractivity contribution is 5.80. The Hall–Kier alpha value is -2.91. The predicted octanol–water partition coefficient (Wildman–Crippen LogP) is 4.95. The molecule has 0 bridgehead atoms. The van der Waals surface area contributed by atoms with Gasteiger partial charge in [-0.2, -0.15) is 0 Å². The lowest BCUT2D eigenvalue weighted by Gasteiger charge is -2.30. The zero-order valence-electron chi connectivity index (χ0n) is 16.0. The van der Waals surface area contributed by atoms with E-state index in [0.717, 1.165) is 32.5 Å². The van der Waals surface area contributed by atoms with Crippen LogP contribution in [0.3, 0.4) is 0 Å². The zero-order chi connectivity index (χ0) is 18.8. The summed E-state index contributed by atoms with van der Waals surface area (Å²) in [5.41, 5.74) is 5.31. The van der Waals surface area contributed by atoms with Gasteiger partial charge < -0.3 is 4.98 Å². The molecule has 1 aliphatic rings. The smallest absolute Gasteiger partial charge is 0.0454 e. The summed E-state index contributed by atoms with van der Waals surface area (Å²) in [5.74, 6) is 0. The molecular formula is C25H25N3. The van der Waals surface area contributed by atoms with Gasteiger partial charge >= 0.3 is 0 Å². The molecule has 1 saturated heterocycles. The van der Waals surface area contributed by atoms with E-state index in [0.29, 0.717) is 0 Å². The summed E-state index contributed by atoms with van der Waals surface area (Å²) in [7, 11) is 0. The minimum absolute atomic E-state index is 0.106. The number of rotatable bonds is 5. The summed E-state index contributed by atoms with van der Waals surface area (Å²) >= 11 is 0. The molecule has 0 spiro atoms. The van der Waals surface area contributed by atoms with E-state index in [4.69, 9.17) is 0 Å². The van der Waals surface area contributed by atoms with Crippen LogP contribution in [-0.2, 0) is 18.4 Å². The van der Waals surface area contributed by atoms with Gasteiger partial charge in [0.05, 0.1) is 0 Å². The fourth-order valence-corrected chi connectivity index (χ4v) is 4.65. The predicted molar refractivity (Wildman–Crippen MR) is 114 cm³/mol. The van der Waals surface area contributed by atoms with Crippen molar-refractivity contribution < 1.29 is 0 Å². The fourth-order valence-electron chi connectivity index (χ4n) is 4.65. The number of nitrogens with zero attached hydrogens (tertiary/aromatic N) is 2. The molecule has 0 amide bonds. The maximum atomic E-state index is 4.65. The monoisotopic (exact) mass is 367 g/mol. The second kappa shape index (κ2) is 7.25. The third kappa shape index (κ3) is 3.34. The summed E-state index contributed by atoms with van der Waals surface area (Å²) < 4.78 is 0. The quantitative estimate of drug-likeness (QED) is 0.541. The summed E-state index contributed by atoms with van der Waals surface area (Å²) in [6, 6.07) is 26.2. The van der Waals surface area contributed by atoms with Crippen LogP contribution >= 0.6 is 0 Å². The first-order chi connectivity index (χ1) is 13.8. The number of hydrogen-bond donors (Lipinski definition) is 1. The van der Waals surface area contributed by atoms with Gasteiger partial charge in [0.1, 0.15) is 0 Å². The first-order valence-corrected chi connectivity index (χ1v) is 10.0. The first kappa shape index (κ1) is 17.2. The summed E-state index contributed by atoms with van der Waals surface area (Å²) in [5, 5.41) is 1.29. The Balaban J connectivity index is 1.48. The van der Waals surface area contributed by atoms with Crippen LogP contribution in [0.2, 0.25) is 0 Å². The van der Waals surface area contributed by atoms with Crippen LogP contribution in [0.15, 0.2) is 85.2 Å². The van der Waals surface area contributed by atoms with Crippen molar-refractivity contribution in [3.8, 4) is 0 Å². The molecule has 3 heteroatoms. The maximum Gasteiger partial charge on any atom is 0.0454 e.